The maximum absolute atomic E-state index is 12.3. The molecule has 1 aromatic heterocycles. The molecule has 0 atom stereocenters. The predicted molar refractivity (Wildman–Crippen MR) is 113 cm³/mol. The van der Waals surface area contributed by atoms with E-state index in [2.05, 4.69) is 39.9 Å². The van der Waals surface area contributed by atoms with E-state index in [0.29, 0.717) is 6.42 Å². The molecule has 1 aliphatic rings. The van der Waals surface area contributed by atoms with Crippen LogP contribution in [0.5, 0.6) is 0 Å². The van der Waals surface area contributed by atoms with Gasteiger partial charge in [-0.1, -0.05) is 43.7 Å². The standard InChI is InChI=1S/C23H28N4O/c1-2-3-13-26-14-15-27-21-11-10-19(16-20(21)25-22(27)17-26)24-23(28)12-9-18-7-5-4-6-8-18/h4-8,10-11,16H,2-3,9,12-15,17H2,1H3,(H,24,28). The van der Waals surface area contributed by atoms with E-state index in [9.17, 15) is 4.79 Å². The van der Waals surface area contributed by atoms with Crippen LogP contribution in [0.15, 0.2) is 48.5 Å². The Balaban J connectivity index is 1.41. The van der Waals surface area contributed by atoms with Crippen molar-refractivity contribution in [1.82, 2.24) is 14.5 Å². The second-order valence-corrected chi connectivity index (χ2v) is 7.55. The molecule has 146 valence electrons. The third-order valence-corrected chi connectivity index (χ3v) is 5.43. The zero-order valence-corrected chi connectivity index (χ0v) is 16.5. The van der Waals surface area contributed by atoms with Gasteiger partial charge in [0, 0.05) is 25.2 Å². The second-order valence-electron chi connectivity index (χ2n) is 7.55. The molecule has 0 aliphatic carbocycles. The summed E-state index contributed by atoms with van der Waals surface area (Å²) in [5, 5.41) is 3.02. The fraction of sp³-hybridized carbons (Fsp3) is 0.391. The Bertz CT molecular complexity index is 948. The third kappa shape index (κ3) is 4.25. The molecule has 0 bridgehead atoms. The Morgan fingerprint density at radius 1 is 1.14 bits per heavy atom. The van der Waals surface area contributed by atoms with Gasteiger partial charge < -0.3 is 9.88 Å². The fourth-order valence-electron chi connectivity index (χ4n) is 3.85. The van der Waals surface area contributed by atoms with Crippen LogP contribution in [0.2, 0.25) is 0 Å². The molecule has 5 nitrogen and oxygen atoms in total. The van der Waals surface area contributed by atoms with Gasteiger partial charge in [0.1, 0.15) is 5.82 Å². The number of anilines is 1. The fourth-order valence-corrected chi connectivity index (χ4v) is 3.85. The monoisotopic (exact) mass is 376 g/mol. The van der Waals surface area contributed by atoms with E-state index >= 15 is 0 Å². The highest BCUT2D eigenvalue weighted by atomic mass is 16.1. The number of hydrogen-bond donors (Lipinski definition) is 1. The van der Waals surface area contributed by atoms with Crippen LogP contribution in [0.25, 0.3) is 11.0 Å². The first-order valence-corrected chi connectivity index (χ1v) is 10.3. The van der Waals surface area contributed by atoms with Gasteiger partial charge in [-0.2, -0.15) is 0 Å². The van der Waals surface area contributed by atoms with Gasteiger partial charge in [0.2, 0.25) is 5.91 Å². The van der Waals surface area contributed by atoms with Crippen molar-refractivity contribution < 1.29 is 4.79 Å². The smallest absolute Gasteiger partial charge is 0.224 e. The summed E-state index contributed by atoms with van der Waals surface area (Å²) in [5.41, 5.74) is 4.13. The van der Waals surface area contributed by atoms with E-state index in [0.717, 1.165) is 55.1 Å². The van der Waals surface area contributed by atoms with Crippen molar-refractivity contribution in [3.63, 3.8) is 0 Å². The lowest BCUT2D eigenvalue weighted by molar-refractivity contribution is -0.116. The number of rotatable bonds is 7. The van der Waals surface area contributed by atoms with Crippen LogP contribution in [0, 0.1) is 0 Å². The number of fused-ring (bicyclic) bond motifs is 3. The molecule has 28 heavy (non-hydrogen) atoms. The zero-order valence-electron chi connectivity index (χ0n) is 16.5. The molecule has 0 radical (unpaired) electrons. The van der Waals surface area contributed by atoms with Gasteiger partial charge in [-0.25, -0.2) is 4.98 Å². The summed E-state index contributed by atoms with van der Waals surface area (Å²) in [7, 11) is 0. The molecule has 0 unspecified atom stereocenters. The maximum Gasteiger partial charge on any atom is 0.224 e. The lowest BCUT2D eigenvalue weighted by atomic mass is 10.1. The lowest BCUT2D eigenvalue weighted by Gasteiger charge is -2.27. The second kappa shape index (κ2) is 8.57. The molecule has 0 saturated carbocycles. The number of carbonyl (C=O) groups excluding carboxylic acids is 1. The van der Waals surface area contributed by atoms with E-state index < -0.39 is 0 Å². The van der Waals surface area contributed by atoms with Crippen LogP contribution >= 0.6 is 0 Å². The van der Waals surface area contributed by atoms with Gasteiger partial charge in [0.15, 0.2) is 0 Å². The Morgan fingerprint density at radius 2 is 2.00 bits per heavy atom. The first-order valence-electron chi connectivity index (χ1n) is 10.3. The van der Waals surface area contributed by atoms with Crippen LogP contribution < -0.4 is 5.32 Å². The van der Waals surface area contributed by atoms with Gasteiger partial charge >= 0.3 is 0 Å². The quantitative estimate of drug-likeness (QED) is 0.672. The van der Waals surface area contributed by atoms with Crippen molar-refractivity contribution in [2.24, 2.45) is 0 Å². The van der Waals surface area contributed by atoms with Gasteiger partial charge in [0.25, 0.3) is 0 Å². The lowest BCUT2D eigenvalue weighted by Crippen LogP contribution is -2.34. The molecule has 2 heterocycles. The molecule has 1 aliphatic heterocycles. The van der Waals surface area contributed by atoms with Gasteiger partial charge in [-0.15, -0.1) is 0 Å². The predicted octanol–water partition coefficient (Wildman–Crippen LogP) is 4.22. The Labute approximate surface area is 166 Å². The van der Waals surface area contributed by atoms with Crippen molar-refractivity contribution in [3.8, 4) is 0 Å². The topological polar surface area (TPSA) is 50.2 Å². The van der Waals surface area contributed by atoms with Gasteiger partial charge in [0.05, 0.1) is 17.6 Å². The molecule has 4 rings (SSSR count). The summed E-state index contributed by atoms with van der Waals surface area (Å²) in [4.78, 5) is 19.6. The highest BCUT2D eigenvalue weighted by molar-refractivity contribution is 5.93. The number of amides is 1. The largest absolute Gasteiger partial charge is 0.326 e. The van der Waals surface area contributed by atoms with Crippen LogP contribution in [0.1, 0.15) is 37.6 Å². The molecule has 0 spiro atoms. The van der Waals surface area contributed by atoms with Crippen molar-refractivity contribution in [2.45, 2.75) is 45.7 Å². The number of nitrogens with zero attached hydrogens (tertiary/aromatic N) is 3. The Morgan fingerprint density at radius 3 is 2.82 bits per heavy atom. The number of carbonyl (C=O) groups is 1. The molecule has 5 heteroatoms. The van der Waals surface area contributed by atoms with E-state index in [4.69, 9.17) is 4.98 Å². The molecular weight excluding hydrogens is 348 g/mol. The highest BCUT2D eigenvalue weighted by Gasteiger charge is 2.19. The molecule has 1 N–H and O–H groups in total. The van der Waals surface area contributed by atoms with Crippen LogP contribution in [0.3, 0.4) is 0 Å². The summed E-state index contributed by atoms with van der Waals surface area (Å²) in [5.74, 6) is 1.17. The Kier molecular flexibility index (Phi) is 5.72. The zero-order chi connectivity index (χ0) is 19.3. The number of hydrogen-bond acceptors (Lipinski definition) is 3. The van der Waals surface area contributed by atoms with Crippen molar-refractivity contribution in [1.29, 1.82) is 0 Å². The summed E-state index contributed by atoms with van der Waals surface area (Å²) >= 11 is 0. The van der Waals surface area contributed by atoms with E-state index in [-0.39, 0.29) is 5.91 Å². The minimum absolute atomic E-state index is 0.0397. The minimum Gasteiger partial charge on any atom is -0.326 e. The van der Waals surface area contributed by atoms with Crippen LogP contribution in [0.4, 0.5) is 5.69 Å². The average Bonchev–Trinajstić information content (AvgIpc) is 3.08. The summed E-state index contributed by atoms with van der Waals surface area (Å²) in [6, 6.07) is 16.2. The number of unbranched alkanes of at least 4 members (excludes halogenated alkanes) is 1. The SMILES string of the molecule is CCCCN1CCn2c(nc3cc(NC(=O)CCc4ccccc4)ccc32)C1. The number of aromatic nitrogens is 2. The summed E-state index contributed by atoms with van der Waals surface area (Å²) in [6.45, 7) is 6.35. The molecule has 3 aromatic rings. The molecule has 0 fully saturated rings. The van der Waals surface area contributed by atoms with Gasteiger partial charge in [-0.3, -0.25) is 9.69 Å². The molecule has 1 amide bonds. The molecule has 0 saturated heterocycles. The van der Waals surface area contributed by atoms with E-state index in [1.807, 2.05) is 30.3 Å². The van der Waals surface area contributed by atoms with Crippen molar-refractivity contribution >= 4 is 22.6 Å². The number of benzene rings is 2. The summed E-state index contributed by atoms with van der Waals surface area (Å²) in [6.07, 6.45) is 3.69. The van der Waals surface area contributed by atoms with Crippen molar-refractivity contribution in [3.05, 3.63) is 59.9 Å². The first-order chi connectivity index (χ1) is 13.7. The highest BCUT2D eigenvalue weighted by Crippen LogP contribution is 2.24. The normalized spacial score (nSPS) is 14.2. The number of aryl methyl sites for hydroxylation is 1. The maximum atomic E-state index is 12.3. The number of imidazole rings is 1. The minimum atomic E-state index is 0.0397. The Hall–Kier alpha value is -2.66. The third-order valence-electron chi connectivity index (χ3n) is 5.43. The molecule has 2 aromatic carbocycles. The van der Waals surface area contributed by atoms with Crippen LogP contribution in [-0.4, -0.2) is 33.4 Å². The average molecular weight is 377 g/mol. The first kappa shape index (κ1) is 18.7. The van der Waals surface area contributed by atoms with Crippen LogP contribution in [-0.2, 0) is 24.3 Å². The van der Waals surface area contributed by atoms with E-state index in [1.165, 1.54) is 18.4 Å². The van der Waals surface area contributed by atoms with E-state index in [1.54, 1.807) is 0 Å². The van der Waals surface area contributed by atoms with Crippen molar-refractivity contribution in [2.75, 3.05) is 18.4 Å². The summed E-state index contributed by atoms with van der Waals surface area (Å²) < 4.78 is 2.32. The molecular formula is C23H28N4O. The number of nitrogens with one attached hydrogen (secondary N) is 1. The van der Waals surface area contributed by atoms with Gasteiger partial charge in [-0.05, 0) is 43.1 Å².